The molecular formula is C20H20N2O2S. The van der Waals surface area contributed by atoms with Gasteiger partial charge in [0.05, 0.1) is 16.8 Å². The van der Waals surface area contributed by atoms with Crippen LogP contribution in [0.4, 0.5) is 0 Å². The van der Waals surface area contributed by atoms with Gasteiger partial charge in [-0.2, -0.15) is 0 Å². The molecule has 0 aliphatic rings. The molecule has 25 heavy (non-hydrogen) atoms. The zero-order chi connectivity index (χ0) is 17.8. The number of ketones is 1. The van der Waals surface area contributed by atoms with Crippen molar-refractivity contribution in [1.82, 2.24) is 9.88 Å². The van der Waals surface area contributed by atoms with Crippen LogP contribution in [0.2, 0.25) is 0 Å². The Morgan fingerprint density at radius 1 is 1.04 bits per heavy atom. The largest absolute Gasteiger partial charge is 0.339 e. The summed E-state index contributed by atoms with van der Waals surface area (Å²) in [6.45, 7) is 2.45. The molecule has 0 bridgehead atoms. The monoisotopic (exact) mass is 352 g/mol. The van der Waals surface area contributed by atoms with E-state index in [2.05, 4.69) is 4.98 Å². The molecule has 0 saturated carbocycles. The van der Waals surface area contributed by atoms with Crippen LogP contribution in [0.25, 0.3) is 10.2 Å². The third kappa shape index (κ3) is 4.31. The van der Waals surface area contributed by atoms with Crippen LogP contribution < -0.4 is 0 Å². The molecule has 0 unspecified atom stereocenters. The van der Waals surface area contributed by atoms with Crippen molar-refractivity contribution in [2.75, 3.05) is 7.05 Å². The minimum absolute atomic E-state index is 0.00161. The SMILES string of the molecule is Cc1ccc(C(=O)CCC(=O)N(C)Cc2nc3ccccc3s2)cc1. The Hall–Kier alpha value is -2.53. The first-order chi connectivity index (χ1) is 12.0. The number of aromatic nitrogens is 1. The highest BCUT2D eigenvalue weighted by Gasteiger charge is 2.14. The molecule has 0 fully saturated rings. The van der Waals surface area contributed by atoms with Crippen molar-refractivity contribution in [1.29, 1.82) is 0 Å². The van der Waals surface area contributed by atoms with Gasteiger partial charge in [-0.25, -0.2) is 4.98 Å². The van der Waals surface area contributed by atoms with Crippen molar-refractivity contribution in [3.63, 3.8) is 0 Å². The van der Waals surface area contributed by atoms with Gasteiger partial charge in [-0.15, -0.1) is 11.3 Å². The van der Waals surface area contributed by atoms with Crippen LogP contribution >= 0.6 is 11.3 Å². The fourth-order valence-electron chi connectivity index (χ4n) is 2.57. The summed E-state index contributed by atoms with van der Waals surface area (Å²) in [7, 11) is 1.75. The number of carbonyl (C=O) groups is 2. The Morgan fingerprint density at radius 2 is 1.76 bits per heavy atom. The second kappa shape index (κ2) is 7.57. The topological polar surface area (TPSA) is 50.3 Å². The predicted molar refractivity (Wildman–Crippen MR) is 101 cm³/mol. The van der Waals surface area contributed by atoms with Crippen LogP contribution in [-0.2, 0) is 11.3 Å². The van der Waals surface area contributed by atoms with Gasteiger partial charge in [0.25, 0.3) is 0 Å². The van der Waals surface area contributed by atoms with E-state index in [4.69, 9.17) is 0 Å². The van der Waals surface area contributed by atoms with Crippen LogP contribution in [0.3, 0.4) is 0 Å². The maximum Gasteiger partial charge on any atom is 0.223 e. The highest BCUT2D eigenvalue weighted by molar-refractivity contribution is 7.18. The summed E-state index contributed by atoms with van der Waals surface area (Å²) in [5.74, 6) is -0.0403. The normalized spacial score (nSPS) is 10.8. The van der Waals surface area contributed by atoms with E-state index in [1.165, 1.54) is 0 Å². The summed E-state index contributed by atoms with van der Waals surface area (Å²) >= 11 is 1.59. The summed E-state index contributed by atoms with van der Waals surface area (Å²) in [6, 6.07) is 15.4. The number of amides is 1. The van der Waals surface area contributed by atoms with E-state index in [1.807, 2.05) is 55.5 Å². The van der Waals surface area contributed by atoms with Crippen LogP contribution in [0.1, 0.15) is 33.8 Å². The molecule has 1 heterocycles. The maximum absolute atomic E-state index is 12.3. The molecular weight excluding hydrogens is 332 g/mol. The van der Waals surface area contributed by atoms with Crippen LogP contribution in [0, 0.1) is 6.92 Å². The Morgan fingerprint density at radius 3 is 2.48 bits per heavy atom. The Labute approximate surface area is 151 Å². The molecule has 0 spiro atoms. The van der Waals surface area contributed by atoms with Crippen molar-refractivity contribution in [2.24, 2.45) is 0 Å². The second-order valence-electron chi connectivity index (χ2n) is 6.11. The first-order valence-electron chi connectivity index (χ1n) is 8.21. The minimum Gasteiger partial charge on any atom is -0.339 e. The summed E-state index contributed by atoms with van der Waals surface area (Å²) in [4.78, 5) is 30.7. The van der Waals surface area contributed by atoms with Gasteiger partial charge >= 0.3 is 0 Å². The minimum atomic E-state index is -0.0419. The van der Waals surface area contributed by atoms with E-state index in [-0.39, 0.29) is 24.5 Å². The standard InChI is InChI=1S/C20H20N2O2S/c1-14-7-9-15(10-8-14)17(23)11-12-20(24)22(2)13-19-21-16-5-3-4-6-18(16)25-19/h3-10H,11-13H2,1-2H3. The van der Waals surface area contributed by atoms with Crippen molar-refractivity contribution in [3.05, 3.63) is 64.7 Å². The Balaban J connectivity index is 1.55. The first-order valence-corrected chi connectivity index (χ1v) is 9.03. The summed E-state index contributed by atoms with van der Waals surface area (Å²) in [5.41, 5.74) is 2.73. The second-order valence-corrected chi connectivity index (χ2v) is 7.23. The summed E-state index contributed by atoms with van der Waals surface area (Å²) < 4.78 is 1.12. The van der Waals surface area contributed by atoms with Crippen molar-refractivity contribution < 1.29 is 9.59 Å². The average Bonchev–Trinajstić information content (AvgIpc) is 3.02. The van der Waals surface area contributed by atoms with Crippen LogP contribution in [0.15, 0.2) is 48.5 Å². The lowest BCUT2D eigenvalue weighted by Gasteiger charge is -2.15. The van der Waals surface area contributed by atoms with E-state index in [9.17, 15) is 9.59 Å². The highest BCUT2D eigenvalue weighted by Crippen LogP contribution is 2.22. The van der Waals surface area contributed by atoms with Gasteiger partial charge in [0.15, 0.2) is 5.78 Å². The maximum atomic E-state index is 12.3. The molecule has 1 aromatic heterocycles. The lowest BCUT2D eigenvalue weighted by molar-refractivity contribution is -0.130. The molecule has 5 heteroatoms. The fraction of sp³-hybridized carbons (Fsp3) is 0.250. The van der Waals surface area contributed by atoms with Gasteiger partial charge < -0.3 is 4.90 Å². The van der Waals surface area contributed by atoms with E-state index >= 15 is 0 Å². The van der Waals surface area contributed by atoms with E-state index in [0.717, 1.165) is 20.8 Å². The molecule has 0 atom stereocenters. The number of Topliss-reactive ketones (excluding diaryl/α,β-unsaturated/α-hetero) is 1. The highest BCUT2D eigenvalue weighted by atomic mass is 32.1. The molecule has 1 amide bonds. The van der Waals surface area contributed by atoms with Gasteiger partial charge in [-0.1, -0.05) is 42.0 Å². The quantitative estimate of drug-likeness (QED) is 0.624. The molecule has 128 valence electrons. The first kappa shape index (κ1) is 17.3. The zero-order valence-electron chi connectivity index (χ0n) is 14.4. The molecule has 3 aromatic rings. The van der Waals surface area contributed by atoms with Gasteiger partial charge in [0, 0.05) is 25.5 Å². The van der Waals surface area contributed by atoms with Crippen molar-refractivity contribution >= 4 is 33.2 Å². The molecule has 0 radical (unpaired) electrons. The molecule has 4 nitrogen and oxygen atoms in total. The van der Waals surface area contributed by atoms with E-state index in [0.29, 0.717) is 12.1 Å². The fourth-order valence-corrected chi connectivity index (χ4v) is 3.59. The van der Waals surface area contributed by atoms with Gasteiger partial charge in [0.2, 0.25) is 5.91 Å². The number of carbonyl (C=O) groups excluding carboxylic acids is 2. The molecule has 0 aliphatic heterocycles. The molecule has 0 N–H and O–H groups in total. The lowest BCUT2D eigenvalue weighted by atomic mass is 10.0. The smallest absolute Gasteiger partial charge is 0.223 e. The summed E-state index contributed by atoms with van der Waals surface area (Å²) in [5, 5.41) is 0.905. The third-order valence-electron chi connectivity index (χ3n) is 4.08. The third-order valence-corrected chi connectivity index (χ3v) is 5.10. The van der Waals surface area contributed by atoms with Crippen molar-refractivity contribution in [2.45, 2.75) is 26.3 Å². The number of aryl methyl sites for hydroxylation is 1. The van der Waals surface area contributed by atoms with Crippen molar-refractivity contribution in [3.8, 4) is 0 Å². The summed E-state index contributed by atoms with van der Waals surface area (Å²) in [6.07, 6.45) is 0.445. The van der Waals surface area contributed by atoms with Crippen LogP contribution in [-0.4, -0.2) is 28.6 Å². The van der Waals surface area contributed by atoms with Gasteiger partial charge in [0.1, 0.15) is 5.01 Å². The number of rotatable bonds is 6. The number of hydrogen-bond donors (Lipinski definition) is 0. The zero-order valence-corrected chi connectivity index (χ0v) is 15.2. The number of benzene rings is 2. The lowest BCUT2D eigenvalue weighted by Crippen LogP contribution is -2.26. The van der Waals surface area contributed by atoms with E-state index < -0.39 is 0 Å². The number of thiazole rings is 1. The average molecular weight is 352 g/mol. The Bertz CT molecular complexity index is 866. The molecule has 0 aliphatic carbocycles. The molecule has 3 rings (SSSR count). The van der Waals surface area contributed by atoms with Crippen LogP contribution in [0.5, 0.6) is 0 Å². The number of para-hydroxylation sites is 1. The molecule has 2 aromatic carbocycles. The number of nitrogens with zero attached hydrogens (tertiary/aromatic N) is 2. The van der Waals surface area contributed by atoms with Gasteiger partial charge in [-0.05, 0) is 19.1 Å². The van der Waals surface area contributed by atoms with Gasteiger partial charge in [-0.3, -0.25) is 9.59 Å². The predicted octanol–water partition coefficient (Wildman–Crippen LogP) is 4.23. The Kier molecular flexibility index (Phi) is 5.24. The number of hydrogen-bond acceptors (Lipinski definition) is 4. The molecule has 0 saturated heterocycles. The number of fused-ring (bicyclic) bond motifs is 1. The van der Waals surface area contributed by atoms with E-state index in [1.54, 1.807) is 23.3 Å².